The van der Waals surface area contributed by atoms with Crippen molar-refractivity contribution in [3.05, 3.63) is 53.8 Å². The summed E-state index contributed by atoms with van der Waals surface area (Å²) in [5, 5.41) is 8.17. The highest BCUT2D eigenvalue weighted by atomic mass is 19.1. The number of anilines is 2. The van der Waals surface area contributed by atoms with E-state index in [4.69, 9.17) is 4.74 Å². The first kappa shape index (κ1) is 26.2. The summed E-state index contributed by atoms with van der Waals surface area (Å²) in [5.74, 6) is -1.26. The van der Waals surface area contributed by atoms with Gasteiger partial charge in [-0.2, -0.15) is 0 Å². The maximum atomic E-state index is 14.4. The van der Waals surface area contributed by atoms with E-state index in [1.54, 1.807) is 24.3 Å². The minimum absolute atomic E-state index is 0.0258. The van der Waals surface area contributed by atoms with Crippen LogP contribution in [0.1, 0.15) is 63.2 Å². The van der Waals surface area contributed by atoms with Crippen molar-refractivity contribution in [2.24, 2.45) is 11.8 Å². The molecule has 3 amide bonds. The molecule has 0 aliphatic heterocycles. The summed E-state index contributed by atoms with van der Waals surface area (Å²) < 4.78 is 19.8. The number of rotatable bonds is 9. The topological polar surface area (TPSA) is 96.5 Å². The van der Waals surface area contributed by atoms with Crippen LogP contribution in [0.15, 0.2) is 42.5 Å². The van der Waals surface area contributed by atoms with Crippen molar-refractivity contribution >= 4 is 29.1 Å². The molecule has 0 aromatic heterocycles. The molecule has 7 nitrogen and oxygen atoms in total. The Morgan fingerprint density at radius 3 is 2.31 bits per heavy atom. The molecule has 0 bridgehead atoms. The second-order valence-corrected chi connectivity index (χ2v) is 9.16. The van der Waals surface area contributed by atoms with Crippen molar-refractivity contribution in [2.75, 3.05) is 17.2 Å². The molecule has 2 aromatic rings. The predicted octanol–water partition coefficient (Wildman–Crippen LogP) is 5.14. The first-order valence-electron chi connectivity index (χ1n) is 12.2. The highest BCUT2D eigenvalue weighted by Gasteiger charge is 2.26. The molecule has 1 unspecified atom stereocenters. The minimum atomic E-state index is -0.820. The average Bonchev–Trinajstić information content (AvgIpc) is 2.85. The van der Waals surface area contributed by atoms with Crippen LogP contribution in [0.25, 0.3) is 0 Å². The van der Waals surface area contributed by atoms with Gasteiger partial charge < -0.3 is 20.7 Å². The molecule has 3 N–H and O–H groups in total. The second kappa shape index (κ2) is 12.3. The number of carbonyl (C=O) groups is 3. The van der Waals surface area contributed by atoms with Crippen molar-refractivity contribution in [2.45, 2.75) is 58.9 Å². The Hall–Kier alpha value is -3.42. The lowest BCUT2D eigenvalue weighted by Crippen LogP contribution is -2.47. The van der Waals surface area contributed by atoms with Gasteiger partial charge in [-0.05, 0) is 68.1 Å². The zero-order valence-corrected chi connectivity index (χ0v) is 20.5. The summed E-state index contributed by atoms with van der Waals surface area (Å²) in [6, 6.07) is 9.88. The molecule has 2 aromatic carbocycles. The second-order valence-electron chi connectivity index (χ2n) is 9.16. The van der Waals surface area contributed by atoms with Crippen molar-refractivity contribution in [1.29, 1.82) is 0 Å². The standard InChI is InChI=1S/C27H34FN3O4/c1-4-35-21-13-10-19(11-14-21)26(33)31-24(17(2)3)27(34)29-20-12-15-22(28)23(16-20)30-25(32)18-8-6-5-7-9-18/h10-18,24H,4-9H2,1-3H3,(H,29,34)(H,30,32)(H,31,33). The van der Waals surface area contributed by atoms with Crippen LogP contribution in [0, 0.1) is 17.7 Å². The molecular weight excluding hydrogens is 449 g/mol. The third-order valence-corrected chi connectivity index (χ3v) is 6.13. The minimum Gasteiger partial charge on any atom is -0.494 e. The number of hydrogen-bond acceptors (Lipinski definition) is 4. The maximum absolute atomic E-state index is 14.4. The Labute approximate surface area is 205 Å². The number of carbonyl (C=O) groups excluding carboxylic acids is 3. The Bertz CT molecular complexity index is 1030. The molecule has 0 radical (unpaired) electrons. The molecule has 1 aliphatic rings. The predicted molar refractivity (Wildman–Crippen MR) is 134 cm³/mol. The highest BCUT2D eigenvalue weighted by Crippen LogP contribution is 2.27. The van der Waals surface area contributed by atoms with Crippen molar-refractivity contribution in [3.8, 4) is 5.75 Å². The van der Waals surface area contributed by atoms with E-state index in [9.17, 15) is 18.8 Å². The van der Waals surface area contributed by atoms with Crippen LogP contribution >= 0.6 is 0 Å². The van der Waals surface area contributed by atoms with E-state index >= 15 is 0 Å². The number of hydrogen-bond donors (Lipinski definition) is 3. The first-order valence-corrected chi connectivity index (χ1v) is 12.2. The van der Waals surface area contributed by atoms with E-state index < -0.39 is 17.8 Å². The van der Waals surface area contributed by atoms with Gasteiger partial charge in [-0.3, -0.25) is 14.4 Å². The van der Waals surface area contributed by atoms with E-state index in [0.717, 1.165) is 32.1 Å². The molecule has 35 heavy (non-hydrogen) atoms. The van der Waals surface area contributed by atoms with Gasteiger partial charge in [0.15, 0.2) is 0 Å². The third kappa shape index (κ3) is 7.28. The van der Waals surface area contributed by atoms with Crippen LogP contribution in [0.3, 0.4) is 0 Å². The van der Waals surface area contributed by atoms with Crippen LogP contribution in [0.4, 0.5) is 15.8 Å². The van der Waals surface area contributed by atoms with Gasteiger partial charge >= 0.3 is 0 Å². The van der Waals surface area contributed by atoms with Gasteiger partial charge in [-0.15, -0.1) is 0 Å². The van der Waals surface area contributed by atoms with Crippen LogP contribution in [0.5, 0.6) is 5.75 Å². The van der Waals surface area contributed by atoms with Crippen molar-refractivity contribution in [1.82, 2.24) is 5.32 Å². The van der Waals surface area contributed by atoms with Gasteiger partial charge in [0.05, 0.1) is 12.3 Å². The normalized spacial score (nSPS) is 14.8. The molecule has 0 spiro atoms. The maximum Gasteiger partial charge on any atom is 0.251 e. The Morgan fingerprint density at radius 1 is 1.00 bits per heavy atom. The van der Waals surface area contributed by atoms with E-state index in [1.807, 2.05) is 20.8 Å². The van der Waals surface area contributed by atoms with E-state index in [0.29, 0.717) is 23.6 Å². The number of halogens is 1. The summed E-state index contributed by atoms with van der Waals surface area (Å²) in [7, 11) is 0. The summed E-state index contributed by atoms with van der Waals surface area (Å²) in [5.41, 5.74) is 0.760. The van der Waals surface area contributed by atoms with E-state index in [1.165, 1.54) is 18.2 Å². The van der Waals surface area contributed by atoms with Gasteiger partial charge in [0.25, 0.3) is 5.91 Å². The Balaban J connectivity index is 1.66. The lowest BCUT2D eigenvalue weighted by molar-refractivity contribution is -0.121. The largest absolute Gasteiger partial charge is 0.494 e. The Morgan fingerprint density at radius 2 is 1.69 bits per heavy atom. The molecule has 1 fully saturated rings. The Kier molecular flexibility index (Phi) is 9.23. The SMILES string of the molecule is CCOc1ccc(C(=O)NC(C(=O)Nc2ccc(F)c(NC(=O)C3CCCCC3)c2)C(C)C)cc1. The van der Waals surface area contributed by atoms with Gasteiger partial charge in [0.1, 0.15) is 17.6 Å². The average molecular weight is 484 g/mol. The van der Waals surface area contributed by atoms with Crippen LogP contribution in [-0.2, 0) is 9.59 Å². The van der Waals surface area contributed by atoms with Gasteiger partial charge in [0, 0.05) is 17.2 Å². The summed E-state index contributed by atoms with van der Waals surface area (Å²) in [6.07, 6.45) is 4.71. The summed E-state index contributed by atoms with van der Waals surface area (Å²) >= 11 is 0. The van der Waals surface area contributed by atoms with Gasteiger partial charge in [-0.25, -0.2) is 4.39 Å². The number of ether oxygens (including phenoxy) is 1. The van der Waals surface area contributed by atoms with Gasteiger partial charge in [-0.1, -0.05) is 33.1 Å². The third-order valence-electron chi connectivity index (χ3n) is 6.13. The molecular formula is C27H34FN3O4. The smallest absolute Gasteiger partial charge is 0.251 e. The number of nitrogens with one attached hydrogen (secondary N) is 3. The zero-order chi connectivity index (χ0) is 25.4. The number of benzene rings is 2. The van der Waals surface area contributed by atoms with Crippen molar-refractivity contribution in [3.63, 3.8) is 0 Å². The highest BCUT2D eigenvalue weighted by molar-refractivity contribution is 6.02. The molecule has 0 heterocycles. The summed E-state index contributed by atoms with van der Waals surface area (Å²) in [4.78, 5) is 38.3. The molecule has 8 heteroatoms. The van der Waals surface area contributed by atoms with Crippen LogP contribution in [-0.4, -0.2) is 30.4 Å². The van der Waals surface area contributed by atoms with Gasteiger partial charge in [0.2, 0.25) is 11.8 Å². The summed E-state index contributed by atoms with van der Waals surface area (Å²) in [6.45, 7) is 6.05. The molecule has 1 aliphatic carbocycles. The monoisotopic (exact) mass is 483 g/mol. The lowest BCUT2D eigenvalue weighted by Gasteiger charge is -2.23. The molecule has 1 atom stereocenters. The fourth-order valence-corrected chi connectivity index (χ4v) is 4.15. The lowest BCUT2D eigenvalue weighted by atomic mass is 9.88. The molecule has 0 saturated heterocycles. The van der Waals surface area contributed by atoms with Crippen LogP contribution in [0.2, 0.25) is 0 Å². The molecule has 188 valence electrons. The quantitative estimate of drug-likeness (QED) is 0.460. The zero-order valence-electron chi connectivity index (χ0n) is 20.5. The van der Waals surface area contributed by atoms with Crippen LogP contribution < -0.4 is 20.7 Å². The fourth-order valence-electron chi connectivity index (χ4n) is 4.15. The number of amides is 3. The first-order chi connectivity index (χ1) is 16.8. The fraction of sp³-hybridized carbons (Fsp3) is 0.444. The molecule has 1 saturated carbocycles. The molecule has 3 rings (SSSR count). The van der Waals surface area contributed by atoms with E-state index in [2.05, 4.69) is 16.0 Å². The van der Waals surface area contributed by atoms with Crippen molar-refractivity contribution < 1.29 is 23.5 Å². The van der Waals surface area contributed by atoms with E-state index in [-0.39, 0.29) is 29.3 Å².